The predicted molar refractivity (Wildman–Crippen MR) is 42.2 cm³/mol. The quantitative estimate of drug-likeness (QED) is 0.596. The molecule has 0 aromatic carbocycles. The number of aliphatic hydroxyl groups is 1. The number of hydrogen-bond donors (Lipinski definition) is 1. The molecule has 0 radical (unpaired) electrons. The van der Waals surface area contributed by atoms with E-state index in [1.165, 1.54) is 4.90 Å². The Morgan fingerprint density at radius 3 is 2.67 bits per heavy atom. The van der Waals surface area contributed by atoms with E-state index in [2.05, 4.69) is 0 Å². The molecule has 1 atom stereocenters. The fourth-order valence-electron chi connectivity index (χ4n) is 1.35. The maximum Gasteiger partial charge on any atom is 0.235 e. The minimum atomic E-state index is -0.482. The third-order valence-corrected chi connectivity index (χ3v) is 2.00. The summed E-state index contributed by atoms with van der Waals surface area (Å²) in [6.45, 7) is 2.17. The summed E-state index contributed by atoms with van der Waals surface area (Å²) >= 11 is 0. The second-order valence-electron chi connectivity index (χ2n) is 2.97. The molecule has 1 heterocycles. The maximum absolute atomic E-state index is 11.3. The van der Waals surface area contributed by atoms with Crippen LogP contribution >= 0.6 is 0 Å². The highest BCUT2D eigenvalue weighted by atomic mass is 16.3. The fourth-order valence-corrected chi connectivity index (χ4v) is 1.35. The van der Waals surface area contributed by atoms with Crippen LogP contribution in [0.1, 0.15) is 19.8 Å². The summed E-state index contributed by atoms with van der Waals surface area (Å²) in [5.41, 5.74) is 0. The van der Waals surface area contributed by atoms with E-state index >= 15 is 0 Å². The van der Waals surface area contributed by atoms with Crippen LogP contribution in [0.4, 0.5) is 0 Å². The smallest absolute Gasteiger partial charge is 0.235 e. The molecule has 1 rings (SSSR count). The zero-order valence-electron chi connectivity index (χ0n) is 7.12. The van der Waals surface area contributed by atoms with Crippen LogP contribution in [-0.4, -0.2) is 35.0 Å². The van der Waals surface area contributed by atoms with Crippen molar-refractivity contribution < 1.29 is 14.7 Å². The van der Waals surface area contributed by atoms with E-state index in [-0.39, 0.29) is 24.8 Å². The van der Waals surface area contributed by atoms with E-state index in [1.54, 1.807) is 0 Å². The number of amides is 2. The van der Waals surface area contributed by atoms with Crippen LogP contribution in [0.3, 0.4) is 0 Å². The van der Waals surface area contributed by atoms with Crippen molar-refractivity contribution in [1.29, 1.82) is 0 Å². The Morgan fingerprint density at radius 2 is 2.25 bits per heavy atom. The molecule has 1 unspecified atom stereocenters. The topological polar surface area (TPSA) is 57.6 Å². The maximum atomic E-state index is 11.3. The minimum absolute atomic E-state index is 0.152. The molecule has 0 aromatic heterocycles. The van der Waals surface area contributed by atoms with Crippen LogP contribution in [0.5, 0.6) is 0 Å². The summed E-state index contributed by atoms with van der Waals surface area (Å²) < 4.78 is 0. The van der Waals surface area contributed by atoms with Crippen molar-refractivity contribution in [2.24, 2.45) is 5.92 Å². The van der Waals surface area contributed by atoms with Crippen molar-refractivity contribution in [3.05, 3.63) is 0 Å². The summed E-state index contributed by atoms with van der Waals surface area (Å²) in [7, 11) is 0. The summed E-state index contributed by atoms with van der Waals surface area (Å²) in [5.74, 6) is -0.852. The van der Waals surface area contributed by atoms with Crippen molar-refractivity contribution in [3.63, 3.8) is 0 Å². The number of aliphatic hydroxyl groups excluding tert-OH is 1. The molecule has 0 bridgehead atoms. The Balaban J connectivity index is 2.64. The Bertz CT molecular complexity index is 202. The summed E-state index contributed by atoms with van der Waals surface area (Å²) in [6.07, 6.45) is 0.949. The normalized spacial score (nSPS) is 23.8. The first-order valence-electron chi connectivity index (χ1n) is 4.15. The first-order valence-corrected chi connectivity index (χ1v) is 4.15. The molecule has 0 aliphatic carbocycles. The standard InChI is InChI=1S/C8H13NO3/c1-2-3-9-7(11)4-6(5-10)8(9)12/h6,10H,2-5H2,1H3. The van der Waals surface area contributed by atoms with E-state index in [0.717, 1.165) is 6.42 Å². The predicted octanol–water partition coefficient (Wildman–Crippen LogP) is -0.236. The van der Waals surface area contributed by atoms with Gasteiger partial charge in [0.05, 0.1) is 12.5 Å². The molecule has 1 aliphatic rings. The molecule has 4 heteroatoms. The number of likely N-dealkylation sites (tertiary alicyclic amines) is 1. The molecule has 12 heavy (non-hydrogen) atoms. The van der Waals surface area contributed by atoms with Crippen LogP contribution in [0, 0.1) is 5.92 Å². The van der Waals surface area contributed by atoms with Crippen LogP contribution < -0.4 is 0 Å². The number of carbonyl (C=O) groups is 2. The van der Waals surface area contributed by atoms with Crippen LogP contribution in [-0.2, 0) is 9.59 Å². The van der Waals surface area contributed by atoms with Crippen molar-refractivity contribution in [2.45, 2.75) is 19.8 Å². The molecule has 1 fully saturated rings. The van der Waals surface area contributed by atoms with Crippen molar-refractivity contribution in [2.75, 3.05) is 13.2 Å². The lowest BCUT2D eigenvalue weighted by atomic mass is 10.1. The van der Waals surface area contributed by atoms with Crippen molar-refractivity contribution in [3.8, 4) is 0 Å². The molecule has 0 spiro atoms. The van der Waals surface area contributed by atoms with Gasteiger partial charge < -0.3 is 5.11 Å². The van der Waals surface area contributed by atoms with E-state index in [0.29, 0.717) is 6.54 Å². The van der Waals surface area contributed by atoms with E-state index in [1.807, 2.05) is 6.92 Å². The molecular formula is C8H13NO3. The van der Waals surface area contributed by atoms with Gasteiger partial charge in [-0.25, -0.2) is 0 Å². The van der Waals surface area contributed by atoms with Gasteiger partial charge >= 0.3 is 0 Å². The van der Waals surface area contributed by atoms with Crippen LogP contribution in [0.2, 0.25) is 0 Å². The first kappa shape index (κ1) is 9.19. The third-order valence-electron chi connectivity index (χ3n) is 2.00. The average Bonchev–Trinajstić information content (AvgIpc) is 2.32. The van der Waals surface area contributed by atoms with Gasteiger partial charge in [0.1, 0.15) is 0 Å². The number of rotatable bonds is 3. The minimum Gasteiger partial charge on any atom is -0.396 e. The molecule has 1 aliphatic heterocycles. The number of imide groups is 1. The molecule has 1 N–H and O–H groups in total. The highest BCUT2D eigenvalue weighted by Gasteiger charge is 2.37. The van der Waals surface area contributed by atoms with Crippen LogP contribution in [0.25, 0.3) is 0 Å². The van der Waals surface area contributed by atoms with Gasteiger partial charge in [0.15, 0.2) is 0 Å². The third kappa shape index (κ3) is 1.48. The highest BCUT2D eigenvalue weighted by molar-refractivity contribution is 6.03. The van der Waals surface area contributed by atoms with E-state index in [9.17, 15) is 9.59 Å². The Kier molecular flexibility index (Phi) is 2.81. The zero-order valence-corrected chi connectivity index (χ0v) is 7.12. The second kappa shape index (κ2) is 3.67. The SMILES string of the molecule is CCCN1C(=O)CC(CO)C1=O. The van der Waals surface area contributed by atoms with E-state index in [4.69, 9.17) is 5.11 Å². The van der Waals surface area contributed by atoms with Crippen LogP contribution in [0.15, 0.2) is 0 Å². The zero-order chi connectivity index (χ0) is 9.14. The summed E-state index contributed by atoms with van der Waals surface area (Å²) in [5, 5.41) is 8.74. The van der Waals surface area contributed by atoms with Gasteiger partial charge in [-0.2, -0.15) is 0 Å². The monoisotopic (exact) mass is 171 g/mol. The molecule has 0 aromatic rings. The number of nitrogens with zero attached hydrogens (tertiary/aromatic N) is 1. The molecular weight excluding hydrogens is 158 g/mol. The second-order valence-corrected chi connectivity index (χ2v) is 2.97. The lowest BCUT2D eigenvalue weighted by Crippen LogP contribution is -2.31. The summed E-state index contributed by atoms with van der Waals surface area (Å²) in [4.78, 5) is 23.7. The Morgan fingerprint density at radius 1 is 1.58 bits per heavy atom. The first-order chi connectivity index (χ1) is 5.70. The number of carbonyl (C=O) groups excluding carboxylic acids is 2. The van der Waals surface area contributed by atoms with Crippen molar-refractivity contribution >= 4 is 11.8 Å². The highest BCUT2D eigenvalue weighted by Crippen LogP contribution is 2.18. The fraction of sp³-hybridized carbons (Fsp3) is 0.750. The van der Waals surface area contributed by atoms with Gasteiger partial charge in [0.2, 0.25) is 11.8 Å². The van der Waals surface area contributed by atoms with Gasteiger partial charge in [0, 0.05) is 13.0 Å². The lowest BCUT2D eigenvalue weighted by molar-refractivity contribution is -0.139. The Hall–Kier alpha value is -0.900. The molecule has 2 amide bonds. The van der Waals surface area contributed by atoms with Gasteiger partial charge in [-0.15, -0.1) is 0 Å². The largest absolute Gasteiger partial charge is 0.396 e. The average molecular weight is 171 g/mol. The van der Waals surface area contributed by atoms with E-state index < -0.39 is 5.92 Å². The van der Waals surface area contributed by atoms with Gasteiger partial charge in [0.25, 0.3) is 0 Å². The van der Waals surface area contributed by atoms with Gasteiger partial charge in [-0.3, -0.25) is 14.5 Å². The molecule has 0 saturated carbocycles. The lowest BCUT2D eigenvalue weighted by Gasteiger charge is -2.12. The summed E-state index contributed by atoms with van der Waals surface area (Å²) in [6, 6.07) is 0. The van der Waals surface area contributed by atoms with Gasteiger partial charge in [-0.05, 0) is 6.42 Å². The molecule has 68 valence electrons. The number of hydrogen-bond acceptors (Lipinski definition) is 3. The molecule has 1 saturated heterocycles. The van der Waals surface area contributed by atoms with Gasteiger partial charge in [-0.1, -0.05) is 6.92 Å². The van der Waals surface area contributed by atoms with Crippen molar-refractivity contribution in [1.82, 2.24) is 4.90 Å². The molecule has 4 nitrogen and oxygen atoms in total. The Labute approximate surface area is 71.2 Å².